The summed E-state index contributed by atoms with van der Waals surface area (Å²) >= 11 is 1.75. The van der Waals surface area contributed by atoms with Gasteiger partial charge in [0.05, 0.1) is 12.7 Å². The lowest BCUT2D eigenvalue weighted by Gasteiger charge is -2.00. The van der Waals surface area contributed by atoms with E-state index in [1.807, 2.05) is 12.1 Å². The molecule has 13 heavy (non-hydrogen) atoms. The molecule has 0 amide bonds. The maximum atomic E-state index is 11.1. The molecule has 1 aromatic rings. The van der Waals surface area contributed by atoms with Gasteiger partial charge in [0, 0.05) is 4.90 Å². The van der Waals surface area contributed by atoms with Gasteiger partial charge in [0.1, 0.15) is 0 Å². The van der Waals surface area contributed by atoms with Crippen molar-refractivity contribution in [3.05, 3.63) is 29.8 Å². The van der Waals surface area contributed by atoms with Crippen molar-refractivity contribution < 1.29 is 9.53 Å². The first-order chi connectivity index (χ1) is 6.27. The Kier molecular flexibility index (Phi) is 3.83. The fourth-order valence-electron chi connectivity index (χ4n) is 0.972. The molecule has 0 saturated heterocycles. The molecule has 0 bridgehead atoms. The Balaban J connectivity index is 2.75. The average molecular weight is 196 g/mol. The van der Waals surface area contributed by atoms with E-state index in [9.17, 15) is 4.79 Å². The third-order valence-corrected chi connectivity index (χ3v) is 2.48. The van der Waals surface area contributed by atoms with Crippen LogP contribution < -0.4 is 0 Å². The first-order valence-corrected chi connectivity index (χ1v) is 5.07. The van der Waals surface area contributed by atoms with Crippen LogP contribution in [0.5, 0.6) is 0 Å². The molecule has 0 saturated carbocycles. The molecule has 0 fully saturated rings. The molecule has 3 heteroatoms. The predicted molar refractivity (Wildman–Crippen MR) is 54.2 cm³/mol. The van der Waals surface area contributed by atoms with Gasteiger partial charge >= 0.3 is 5.97 Å². The molecule has 0 aliphatic heterocycles. The Bertz CT molecular complexity index is 279. The summed E-state index contributed by atoms with van der Waals surface area (Å²) in [5.74, 6) is 0.755. The third-order valence-electron chi connectivity index (χ3n) is 1.59. The Labute approximate surface area is 82.3 Å². The number of thioether (sulfide) groups is 1. The average Bonchev–Trinajstić information content (AvgIpc) is 2.18. The molecule has 70 valence electrons. The molecule has 0 unspecified atom stereocenters. The quantitative estimate of drug-likeness (QED) is 0.549. The lowest BCUT2D eigenvalue weighted by molar-refractivity contribution is 0.0600. The van der Waals surface area contributed by atoms with E-state index in [0.29, 0.717) is 5.56 Å². The molecule has 2 nitrogen and oxygen atoms in total. The summed E-state index contributed by atoms with van der Waals surface area (Å²) in [5, 5.41) is 0. The van der Waals surface area contributed by atoms with Gasteiger partial charge in [-0.1, -0.05) is 6.92 Å². The first kappa shape index (κ1) is 10.1. The molecule has 0 aliphatic carbocycles. The number of methoxy groups -OCH3 is 1. The molecule has 0 spiro atoms. The third kappa shape index (κ3) is 2.77. The van der Waals surface area contributed by atoms with Crippen molar-refractivity contribution in [2.75, 3.05) is 12.9 Å². The smallest absolute Gasteiger partial charge is 0.337 e. The summed E-state index contributed by atoms with van der Waals surface area (Å²) in [7, 11) is 1.39. The molecule has 0 aliphatic rings. The highest BCUT2D eigenvalue weighted by molar-refractivity contribution is 7.99. The van der Waals surface area contributed by atoms with Crippen LogP contribution in [0, 0.1) is 0 Å². The Morgan fingerprint density at radius 2 is 2.00 bits per heavy atom. The number of rotatable bonds is 3. The normalized spacial score (nSPS) is 9.69. The summed E-state index contributed by atoms with van der Waals surface area (Å²) in [4.78, 5) is 12.2. The zero-order valence-electron chi connectivity index (χ0n) is 7.74. The van der Waals surface area contributed by atoms with E-state index in [1.54, 1.807) is 23.9 Å². The van der Waals surface area contributed by atoms with Gasteiger partial charge in [0.2, 0.25) is 0 Å². The van der Waals surface area contributed by atoms with E-state index in [1.165, 1.54) is 12.0 Å². The van der Waals surface area contributed by atoms with Crippen LogP contribution in [0.25, 0.3) is 0 Å². The topological polar surface area (TPSA) is 26.3 Å². The molecule has 1 rings (SSSR count). The Morgan fingerprint density at radius 3 is 2.46 bits per heavy atom. The van der Waals surface area contributed by atoms with Gasteiger partial charge < -0.3 is 4.74 Å². The summed E-state index contributed by atoms with van der Waals surface area (Å²) < 4.78 is 4.59. The summed E-state index contributed by atoms with van der Waals surface area (Å²) in [6, 6.07) is 7.43. The van der Waals surface area contributed by atoms with Gasteiger partial charge in [-0.2, -0.15) is 0 Å². The fraction of sp³-hybridized carbons (Fsp3) is 0.300. The van der Waals surface area contributed by atoms with E-state index < -0.39 is 0 Å². The van der Waals surface area contributed by atoms with Crippen molar-refractivity contribution in [2.24, 2.45) is 0 Å². The van der Waals surface area contributed by atoms with Gasteiger partial charge in [-0.15, -0.1) is 11.8 Å². The minimum atomic E-state index is -0.284. The van der Waals surface area contributed by atoms with Crippen LogP contribution in [0.2, 0.25) is 0 Å². The Hall–Kier alpha value is -0.960. The van der Waals surface area contributed by atoms with Crippen molar-refractivity contribution in [2.45, 2.75) is 11.8 Å². The highest BCUT2D eigenvalue weighted by Gasteiger charge is 2.03. The number of hydrogen-bond acceptors (Lipinski definition) is 3. The predicted octanol–water partition coefficient (Wildman–Crippen LogP) is 2.59. The lowest BCUT2D eigenvalue weighted by atomic mass is 10.2. The van der Waals surface area contributed by atoms with Crippen molar-refractivity contribution in [3.8, 4) is 0 Å². The highest BCUT2D eigenvalue weighted by atomic mass is 32.2. The second-order valence-electron chi connectivity index (χ2n) is 2.45. The number of benzene rings is 1. The zero-order chi connectivity index (χ0) is 9.68. The molecule has 0 aromatic heterocycles. The lowest BCUT2D eigenvalue weighted by Crippen LogP contribution is -2.00. The fourth-order valence-corrected chi connectivity index (χ4v) is 1.63. The number of ether oxygens (including phenoxy) is 1. The second-order valence-corrected chi connectivity index (χ2v) is 3.79. The van der Waals surface area contributed by atoms with Crippen LogP contribution in [0.15, 0.2) is 29.2 Å². The molecule has 0 N–H and O–H groups in total. The monoisotopic (exact) mass is 196 g/mol. The largest absolute Gasteiger partial charge is 0.465 e. The van der Waals surface area contributed by atoms with E-state index in [0.717, 1.165) is 5.75 Å². The maximum Gasteiger partial charge on any atom is 0.337 e. The van der Waals surface area contributed by atoms with Crippen molar-refractivity contribution in [1.29, 1.82) is 0 Å². The van der Waals surface area contributed by atoms with E-state index >= 15 is 0 Å². The minimum Gasteiger partial charge on any atom is -0.465 e. The summed E-state index contributed by atoms with van der Waals surface area (Å²) in [5.41, 5.74) is 0.600. The Morgan fingerprint density at radius 1 is 1.38 bits per heavy atom. The number of carbonyl (C=O) groups excluding carboxylic acids is 1. The molecule has 0 radical (unpaired) electrons. The molecule has 0 atom stereocenters. The van der Waals surface area contributed by atoms with Crippen LogP contribution in [-0.4, -0.2) is 18.8 Å². The molecular formula is C10H12O2S. The van der Waals surface area contributed by atoms with Crippen LogP contribution in [-0.2, 0) is 4.74 Å². The van der Waals surface area contributed by atoms with Gasteiger partial charge in [0.25, 0.3) is 0 Å². The molecule has 1 aromatic carbocycles. The van der Waals surface area contributed by atoms with Crippen LogP contribution in [0.4, 0.5) is 0 Å². The highest BCUT2D eigenvalue weighted by Crippen LogP contribution is 2.17. The van der Waals surface area contributed by atoms with E-state index in [-0.39, 0.29) is 5.97 Å². The maximum absolute atomic E-state index is 11.1. The van der Waals surface area contributed by atoms with Gasteiger partial charge in [-0.25, -0.2) is 4.79 Å². The standard InChI is InChI=1S/C10H12O2S/c1-3-13-9-6-4-8(5-7-9)10(11)12-2/h4-7H,3H2,1-2H3. The second kappa shape index (κ2) is 4.92. The first-order valence-electron chi connectivity index (χ1n) is 4.09. The van der Waals surface area contributed by atoms with Gasteiger partial charge in [0.15, 0.2) is 0 Å². The van der Waals surface area contributed by atoms with Crippen molar-refractivity contribution in [1.82, 2.24) is 0 Å². The van der Waals surface area contributed by atoms with E-state index in [2.05, 4.69) is 11.7 Å². The molecular weight excluding hydrogens is 184 g/mol. The van der Waals surface area contributed by atoms with Gasteiger partial charge in [-0.3, -0.25) is 0 Å². The SMILES string of the molecule is CCSc1ccc(C(=O)OC)cc1. The molecule has 0 heterocycles. The minimum absolute atomic E-state index is 0.284. The van der Waals surface area contributed by atoms with E-state index in [4.69, 9.17) is 0 Å². The summed E-state index contributed by atoms with van der Waals surface area (Å²) in [6.45, 7) is 2.10. The van der Waals surface area contributed by atoms with Gasteiger partial charge in [-0.05, 0) is 30.0 Å². The van der Waals surface area contributed by atoms with Crippen LogP contribution in [0.3, 0.4) is 0 Å². The zero-order valence-corrected chi connectivity index (χ0v) is 8.56. The van der Waals surface area contributed by atoms with Crippen LogP contribution in [0.1, 0.15) is 17.3 Å². The summed E-state index contributed by atoms with van der Waals surface area (Å²) in [6.07, 6.45) is 0. The number of hydrogen-bond donors (Lipinski definition) is 0. The van der Waals surface area contributed by atoms with Crippen molar-refractivity contribution >= 4 is 17.7 Å². The van der Waals surface area contributed by atoms with Crippen LogP contribution >= 0.6 is 11.8 Å². The number of carbonyl (C=O) groups is 1. The number of esters is 1. The van der Waals surface area contributed by atoms with Crippen molar-refractivity contribution in [3.63, 3.8) is 0 Å².